The fourth-order valence-electron chi connectivity index (χ4n) is 2.20. The van der Waals surface area contributed by atoms with E-state index in [0.717, 1.165) is 11.3 Å². The van der Waals surface area contributed by atoms with E-state index in [2.05, 4.69) is 0 Å². The Labute approximate surface area is 105 Å². The quantitative estimate of drug-likeness (QED) is 0.803. The Bertz CT molecular complexity index is 381. The first-order valence-electron chi connectivity index (χ1n) is 5.93. The lowest BCUT2D eigenvalue weighted by Gasteiger charge is -2.12. The van der Waals surface area contributed by atoms with Crippen molar-refractivity contribution in [2.45, 2.75) is 36.7 Å². The zero-order chi connectivity index (χ0) is 12.3. The van der Waals surface area contributed by atoms with Crippen molar-refractivity contribution in [2.24, 2.45) is 0 Å². The molecule has 0 unspecified atom stereocenters. The van der Waals surface area contributed by atoms with Gasteiger partial charge >= 0.3 is 7.12 Å². The molecule has 2 rings (SSSR count). The van der Waals surface area contributed by atoms with Crippen molar-refractivity contribution in [1.29, 1.82) is 0 Å². The average Bonchev–Trinajstić information content (AvgIpc) is 2.80. The van der Waals surface area contributed by atoms with Gasteiger partial charge in [0.2, 0.25) is 0 Å². The number of halogens is 1. The third-order valence-electron chi connectivity index (χ3n) is 3.16. The van der Waals surface area contributed by atoms with Crippen molar-refractivity contribution < 1.29 is 14.4 Å². The molecule has 0 aliphatic heterocycles. The summed E-state index contributed by atoms with van der Waals surface area (Å²) in [6.45, 7) is 0. The Hall–Kier alpha value is -0.515. The van der Waals surface area contributed by atoms with Crippen LogP contribution >= 0.6 is 11.8 Å². The van der Waals surface area contributed by atoms with Gasteiger partial charge in [0.1, 0.15) is 5.82 Å². The minimum atomic E-state index is -1.59. The van der Waals surface area contributed by atoms with E-state index in [1.165, 1.54) is 37.8 Å². The molecule has 17 heavy (non-hydrogen) atoms. The van der Waals surface area contributed by atoms with Gasteiger partial charge in [-0.25, -0.2) is 4.39 Å². The molecule has 1 fully saturated rings. The van der Waals surface area contributed by atoms with E-state index in [1.54, 1.807) is 6.07 Å². The third kappa shape index (κ3) is 3.47. The van der Waals surface area contributed by atoms with Crippen LogP contribution in [0.3, 0.4) is 0 Å². The molecular formula is C12H16BFO2S. The predicted molar refractivity (Wildman–Crippen MR) is 69.8 cm³/mol. The third-order valence-corrected chi connectivity index (χ3v) is 4.58. The molecule has 2 nitrogen and oxygen atoms in total. The molecule has 1 saturated carbocycles. The maximum Gasteiger partial charge on any atom is 0.488 e. The lowest BCUT2D eigenvalue weighted by Crippen LogP contribution is -2.33. The summed E-state index contributed by atoms with van der Waals surface area (Å²) in [6.07, 6.45) is 5.05. The Morgan fingerprint density at radius 3 is 2.65 bits per heavy atom. The van der Waals surface area contributed by atoms with Crippen molar-refractivity contribution in [3.05, 3.63) is 29.6 Å². The van der Waals surface area contributed by atoms with Crippen LogP contribution in [0.2, 0.25) is 0 Å². The Balaban J connectivity index is 2.03. The summed E-state index contributed by atoms with van der Waals surface area (Å²) in [5, 5.41) is 19.1. The molecule has 0 radical (unpaired) electrons. The zero-order valence-corrected chi connectivity index (χ0v) is 10.4. The fourth-order valence-corrected chi connectivity index (χ4v) is 3.55. The molecular weight excluding hydrogens is 238 g/mol. The summed E-state index contributed by atoms with van der Waals surface area (Å²) in [4.78, 5) is 0. The molecule has 1 aromatic carbocycles. The molecule has 0 amide bonds. The second-order valence-corrected chi connectivity index (χ2v) is 5.72. The van der Waals surface area contributed by atoms with Crippen molar-refractivity contribution >= 4 is 24.3 Å². The van der Waals surface area contributed by atoms with Gasteiger partial charge in [0.05, 0.1) is 0 Å². The van der Waals surface area contributed by atoms with Gasteiger partial charge in [-0.1, -0.05) is 18.9 Å². The Morgan fingerprint density at radius 1 is 1.29 bits per heavy atom. The monoisotopic (exact) mass is 254 g/mol. The van der Waals surface area contributed by atoms with Gasteiger partial charge in [0.25, 0.3) is 0 Å². The minimum absolute atomic E-state index is 0.287. The van der Waals surface area contributed by atoms with E-state index in [-0.39, 0.29) is 5.46 Å². The van der Waals surface area contributed by atoms with Gasteiger partial charge in [0, 0.05) is 11.0 Å². The van der Waals surface area contributed by atoms with Gasteiger partial charge < -0.3 is 10.0 Å². The highest BCUT2D eigenvalue weighted by Gasteiger charge is 2.19. The van der Waals surface area contributed by atoms with E-state index >= 15 is 0 Å². The van der Waals surface area contributed by atoms with Gasteiger partial charge in [-0.15, -0.1) is 0 Å². The van der Waals surface area contributed by atoms with Gasteiger partial charge in [-0.3, -0.25) is 0 Å². The first-order valence-corrected chi connectivity index (χ1v) is 6.98. The van der Waals surface area contributed by atoms with Crippen molar-refractivity contribution in [3.8, 4) is 0 Å². The molecule has 0 heterocycles. The lowest BCUT2D eigenvalue weighted by molar-refractivity contribution is 0.425. The van der Waals surface area contributed by atoms with Crippen LogP contribution in [0.1, 0.15) is 31.2 Å². The largest absolute Gasteiger partial charge is 0.488 e. The van der Waals surface area contributed by atoms with Crippen LogP contribution < -0.4 is 5.46 Å². The second-order valence-electron chi connectivity index (χ2n) is 4.43. The van der Waals surface area contributed by atoms with Crippen LogP contribution in [-0.4, -0.2) is 22.4 Å². The average molecular weight is 254 g/mol. The van der Waals surface area contributed by atoms with Crippen LogP contribution in [0, 0.1) is 5.82 Å². The van der Waals surface area contributed by atoms with E-state index < -0.39 is 12.9 Å². The SMILES string of the molecule is OB(O)c1cc(F)ccc1CSC1CCCC1. The summed E-state index contributed by atoms with van der Waals surface area (Å²) >= 11 is 1.83. The molecule has 5 heteroatoms. The first-order chi connectivity index (χ1) is 8.16. The van der Waals surface area contributed by atoms with E-state index in [9.17, 15) is 14.4 Å². The van der Waals surface area contributed by atoms with Crippen molar-refractivity contribution in [2.75, 3.05) is 0 Å². The topological polar surface area (TPSA) is 40.5 Å². The molecule has 0 spiro atoms. The number of thioether (sulfide) groups is 1. The zero-order valence-electron chi connectivity index (χ0n) is 9.60. The molecule has 1 aromatic rings. The van der Waals surface area contributed by atoms with E-state index in [0.29, 0.717) is 5.25 Å². The molecule has 0 bridgehead atoms. The van der Waals surface area contributed by atoms with E-state index in [1.807, 2.05) is 11.8 Å². The molecule has 2 N–H and O–H groups in total. The van der Waals surface area contributed by atoms with E-state index in [4.69, 9.17) is 0 Å². The van der Waals surface area contributed by atoms with Gasteiger partial charge in [0.15, 0.2) is 0 Å². The number of hydrogen-bond donors (Lipinski definition) is 2. The Kier molecular flexibility index (Phi) is 4.48. The molecule has 1 aliphatic rings. The lowest BCUT2D eigenvalue weighted by atomic mass is 9.77. The van der Waals surface area contributed by atoms with Gasteiger partial charge in [-0.2, -0.15) is 11.8 Å². The van der Waals surface area contributed by atoms with Crippen molar-refractivity contribution in [3.63, 3.8) is 0 Å². The van der Waals surface area contributed by atoms with Crippen LogP contribution in [0.25, 0.3) is 0 Å². The highest BCUT2D eigenvalue weighted by Crippen LogP contribution is 2.31. The van der Waals surface area contributed by atoms with Crippen LogP contribution in [0.15, 0.2) is 18.2 Å². The van der Waals surface area contributed by atoms with Crippen molar-refractivity contribution in [1.82, 2.24) is 0 Å². The Morgan fingerprint density at radius 2 is 2.00 bits per heavy atom. The minimum Gasteiger partial charge on any atom is -0.423 e. The smallest absolute Gasteiger partial charge is 0.423 e. The second kappa shape index (κ2) is 5.89. The number of rotatable bonds is 4. The molecule has 1 aliphatic carbocycles. The predicted octanol–water partition coefficient (Wildman–Crippen LogP) is 1.68. The van der Waals surface area contributed by atoms with Gasteiger partial charge in [-0.05, 0) is 36.0 Å². The fraction of sp³-hybridized carbons (Fsp3) is 0.500. The summed E-state index contributed by atoms with van der Waals surface area (Å²) in [7, 11) is -1.59. The summed E-state index contributed by atoms with van der Waals surface area (Å²) in [6, 6.07) is 4.22. The number of hydrogen-bond acceptors (Lipinski definition) is 3. The number of benzene rings is 1. The first kappa shape index (κ1) is 12.9. The molecule has 0 aromatic heterocycles. The standard InChI is InChI=1S/C12H16BFO2S/c14-10-6-5-9(12(7-10)13(15)16)8-17-11-3-1-2-4-11/h5-7,11,15-16H,1-4,8H2. The highest BCUT2D eigenvalue weighted by molar-refractivity contribution is 7.99. The van der Waals surface area contributed by atoms with Crippen LogP contribution in [0.5, 0.6) is 0 Å². The maximum atomic E-state index is 13.0. The summed E-state index contributed by atoms with van der Waals surface area (Å²) in [5.41, 5.74) is 1.11. The molecule has 92 valence electrons. The van der Waals surface area contributed by atoms with Crippen LogP contribution in [0.4, 0.5) is 4.39 Å². The highest BCUT2D eigenvalue weighted by atomic mass is 32.2. The molecule has 0 atom stereocenters. The summed E-state index contributed by atoms with van der Waals surface area (Å²) in [5.74, 6) is 0.292. The maximum absolute atomic E-state index is 13.0. The molecule has 0 saturated heterocycles. The van der Waals surface area contributed by atoms with Crippen LogP contribution in [-0.2, 0) is 5.75 Å². The normalized spacial score (nSPS) is 16.4. The summed E-state index contributed by atoms with van der Waals surface area (Å²) < 4.78 is 13.0.